The Labute approximate surface area is 165 Å². The van der Waals surface area contributed by atoms with E-state index in [0.29, 0.717) is 5.82 Å². The van der Waals surface area contributed by atoms with E-state index in [1.165, 1.54) is 5.56 Å². The van der Waals surface area contributed by atoms with E-state index < -0.39 is 0 Å². The Morgan fingerprint density at radius 3 is 2.48 bits per heavy atom. The zero-order chi connectivity index (χ0) is 19.3. The molecular weight excluding hydrogens is 356 g/mol. The molecule has 0 saturated carbocycles. The molecule has 1 aromatic carbocycles. The van der Waals surface area contributed by atoms with Gasteiger partial charge in [-0.25, -0.2) is 4.68 Å². The second-order valence-electron chi connectivity index (χ2n) is 7.68. The number of hydrogen-bond acceptors (Lipinski definition) is 5. The van der Waals surface area contributed by atoms with Crippen LogP contribution in [-0.2, 0) is 12.0 Å². The summed E-state index contributed by atoms with van der Waals surface area (Å²) in [5, 5.41) is 13.5. The van der Waals surface area contributed by atoms with Gasteiger partial charge < -0.3 is 5.84 Å². The highest BCUT2D eigenvalue weighted by Crippen LogP contribution is 2.26. The van der Waals surface area contributed by atoms with Crippen LogP contribution in [0.2, 0.25) is 0 Å². The molecule has 0 unspecified atom stereocenters. The summed E-state index contributed by atoms with van der Waals surface area (Å²) in [4.78, 5) is 0. The van der Waals surface area contributed by atoms with E-state index in [1.54, 1.807) is 16.4 Å². The lowest BCUT2D eigenvalue weighted by atomic mass is 9.87. The van der Waals surface area contributed by atoms with Crippen molar-refractivity contribution in [1.82, 2.24) is 24.7 Å². The Hall–Kier alpha value is -2.28. The maximum Gasteiger partial charge on any atom is 0.210 e. The standard InChI is InChI=1S/C20H28N6S/c1-20(2,3)17-10-8-16(9-11-17)18-23-24-19(26(18)21)27-15-6-4-5-13-25-14-7-12-22-25/h7-12,14H,4-6,13,15,21H2,1-3H3. The lowest BCUT2D eigenvalue weighted by Gasteiger charge is -2.19. The molecule has 0 aliphatic heterocycles. The van der Waals surface area contributed by atoms with Gasteiger partial charge in [-0.1, -0.05) is 63.2 Å². The molecule has 0 saturated heterocycles. The average molecular weight is 385 g/mol. The zero-order valence-electron chi connectivity index (χ0n) is 16.3. The minimum absolute atomic E-state index is 0.132. The maximum atomic E-state index is 6.22. The van der Waals surface area contributed by atoms with Gasteiger partial charge in [-0.3, -0.25) is 4.68 Å². The summed E-state index contributed by atoms with van der Waals surface area (Å²) >= 11 is 1.66. The summed E-state index contributed by atoms with van der Waals surface area (Å²) in [6, 6.07) is 10.4. The molecule has 0 spiro atoms. The first kappa shape index (κ1) is 19.5. The number of aromatic nitrogens is 5. The van der Waals surface area contributed by atoms with E-state index in [1.807, 2.05) is 23.1 Å². The number of nitrogens with zero attached hydrogens (tertiary/aromatic N) is 5. The fourth-order valence-electron chi connectivity index (χ4n) is 2.84. The van der Waals surface area contributed by atoms with Crippen molar-refractivity contribution < 1.29 is 0 Å². The van der Waals surface area contributed by atoms with Gasteiger partial charge in [0.05, 0.1) is 0 Å². The summed E-state index contributed by atoms with van der Waals surface area (Å²) in [5.41, 5.74) is 2.41. The number of rotatable bonds is 8. The van der Waals surface area contributed by atoms with E-state index in [4.69, 9.17) is 5.84 Å². The Morgan fingerprint density at radius 2 is 1.81 bits per heavy atom. The van der Waals surface area contributed by atoms with Gasteiger partial charge in [-0.2, -0.15) is 5.10 Å². The van der Waals surface area contributed by atoms with Crippen LogP contribution in [0.1, 0.15) is 45.6 Å². The van der Waals surface area contributed by atoms with E-state index >= 15 is 0 Å². The predicted octanol–water partition coefficient (Wildman–Crippen LogP) is 4.12. The molecule has 2 heterocycles. The number of thioether (sulfide) groups is 1. The Morgan fingerprint density at radius 1 is 1.04 bits per heavy atom. The fraction of sp³-hybridized carbons (Fsp3) is 0.450. The first-order chi connectivity index (χ1) is 12.9. The van der Waals surface area contributed by atoms with Gasteiger partial charge in [0.25, 0.3) is 0 Å². The first-order valence-corrected chi connectivity index (χ1v) is 10.4. The van der Waals surface area contributed by atoms with Crippen molar-refractivity contribution in [2.75, 3.05) is 11.6 Å². The van der Waals surface area contributed by atoms with Gasteiger partial charge in [0.2, 0.25) is 5.16 Å². The molecule has 7 heteroatoms. The molecule has 3 aromatic rings. The van der Waals surface area contributed by atoms with Gasteiger partial charge in [0.1, 0.15) is 0 Å². The fourth-order valence-corrected chi connectivity index (χ4v) is 3.70. The molecule has 0 amide bonds. The van der Waals surface area contributed by atoms with Gasteiger partial charge in [0.15, 0.2) is 5.82 Å². The van der Waals surface area contributed by atoms with Crippen LogP contribution in [0, 0.1) is 0 Å². The first-order valence-electron chi connectivity index (χ1n) is 9.37. The Balaban J connectivity index is 1.49. The average Bonchev–Trinajstić information content (AvgIpc) is 3.27. The Bertz CT molecular complexity index is 830. The van der Waals surface area contributed by atoms with Crippen molar-refractivity contribution in [3.63, 3.8) is 0 Å². The van der Waals surface area contributed by atoms with Crippen molar-refractivity contribution in [2.45, 2.75) is 57.1 Å². The molecule has 6 nitrogen and oxygen atoms in total. The quantitative estimate of drug-likeness (QED) is 0.359. The highest BCUT2D eigenvalue weighted by atomic mass is 32.2. The number of aryl methyl sites for hydroxylation is 1. The van der Waals surface area contributed by atoms with E-state index in [0.717, 1.165) is 42.3 Å². The number of unbranched alkanes of at least 4 members (excludes halogenated alkanes) is 2. The van der Waals surface area contributed by atoms with Crippen LogP contribution in [-0.4, -0.2) is 30.4 Å². The minimum Gasteiger partial charge on any atom is -0.335 e. The van der Waals surface area contributed by atoms with Crippen LogP contribution in [0.5, 0.6) is 0 Å². The highest BCUT2D eigenvalue weighted by Gasteiger charge is 2.15. The van der Waals surface area contributed by atoms with E-state index in [9.17, 15) is 0 Å². The number of hydrogen-bond donors (Lipinski definition) is 1. The summed E-state index contributed by atoms with van der Waals surface area (Å²) in [5.74, 6) is 7.91. The predicted molar refractivity (Wildman–Crippen MR) is 111 cm³/mol. The summed E-state index contributed by atoms with van der Waals surface area (Å²) < 4.78 is 3.57. The largest absolute Gasteiger partial charge is 0.335 e. The van der Waals surface area contributed by atoms with E-state index in [-0.39, 0.29) is 5.41 Å². The molecule has 0 aliphatic rings. The lowest BCUT2D eigenvalue weighted by Crippen LogP contribution is -2.12. The maximum absolute atomic E-state index is 6.22. The molecule has 144 valence electrons. The van der Waals surface area contributed by atoms with Crippen LogP contribution in [0.25, 0.3) is 11.4 Å². The number of nitrogen functional groups attached to an aromatic ring is 1. The van der Waals surface area contributed by atoms with Crippen LogP contribution in [0.3, 0.4) is 0 Å². The molecule has 27 heavy (non-hydrogen) atoms. The van der Waals surface area contributed by atoms with E-state index in [2.05, 4.69) is 60.3 Å². The topological polar surface area (TPSA) is 74.5 Å². The van der Waals surface area contributed by atoms with Crippen molar-refractivity contribution in [3.8, 4) is 11.4 Å². The summed E-state index contributed by atoms with van der Waals surface area (Å²) in [6.45, 7) is 7.59. The monoisotopic (exact) mass is 384 g/mol. The molecule has 0 bridgehead atoms. The summed E-state index contributed by atoms with van der Waals surface area (Å²) in [7, 11) is 0. The third-order valence-corrected chi connectivity index (χ3v) is 5.52. The second-order valence-corrected chi connectivity index (χ2v) is 8.74. The zero-order valence-corrected chi connectivity index (χ0v) is 17.1. The second kappa shape index (κ2) is 8.61. The molecule has 2 aromatic heterocycles. The number of benzene rings is 1. The van der Waals surface area contributed by atoms with Crippen molar-refractivity contribution in [2.24, 2.45) is 0 Å². The van der Waals surface area contributed by atoms with Crippen LogP contribution >= 0.6 is 11.8 Å². The molecule has 2 N–H and O–H groups in total. The Kier molecular flexibility index (Phi) is 6.21. The van der Waals surface area contributed by atoms with Crippen LogP contribution in [0.4, 0.5) is 0 Å². The molecular formula is C20H28N6S. The lowest BCUT2D eigenvalue weighted by molar-refractivity contribution is 0.554. The van der Waals surface area contributed by atoms with Gasteiger partial charge in [0, 0.05) is 30.3 Å². The SMILES string of the molecule is CC(C)(C)c1ccc(-c2nnc(SCCCCCn3cccn3)n2N)cc1. The normalized spacial score (nSPS) is 11.8. The molecule has 0 radical (unpaired) electrons. The highest BCUT2D eigenvalue weighted by molar-refractivity contribution is 7.99. The third kappa shape index (κ3) is 5.13. The third-order valence-electron chi connectivity index (χ3n) is 4.50. The number of nitrogens with two attached hydrogens (primary N) is 1. The van der Waals surface area contributed by atoms with Crippen molar-refractivity contribution >= 4 is 11.8 Å². The molecule has 3 rings (SSSR count). The minimum atomic E-state index is 0.132. The molecule has 0 fully saturated rings. The summed E-state index contributed by atoms with van der Waals surface area (Å²) in [6.07, 6.45) is 7.23. The molecule has 0 aliphatic carbocycles. The van der Waals surface area contributed by atoms with Crippen molar-refractivity contribution in [3.05, 3.63) is 48.3 Å². The van der Waals surface area contributed by atoms with Crippen LogP contribution < -0.4 is 5.84 Å². The molecule has 0 atom stereocenters. The van der Waals surface area contributed by atoms with Gasteiger partial charge >= 0.3 is 0 Å². The smallest absolute Gasteiger partial charge is 0.210 e. The van der Waals surface area contributed by atoms with Gasteiger partial charge in [-0.15, -0.1) is 10.2 Å². The van der Waals surface area contributed by atoms with Crippen molar-refractivity contribution in [1.29, 1.82) is 0 Å². The van der Waals surface area contributed by atoms with Gasteiger partial charge in [-0.05, 0) is 29.9 Å². The van der Waals surface area contributed by atoms with Crippen LogP contribution in [0.15, 0.2) is 47.9 Å².